The van der Waals surface area contributed by atoms with E-state index in [0.717, 1.165) is 0 Å². The normalized spacial score (nSPS) is 20.2. The predicted octanol–water partition coefficient (Wildman–Crippen LogP) is 3.58. The van der Waals surface area contributed by atoms with E-state index in [1.807, 2.05) is 0 Å². The van der Waals surface area contributed by atoms with E-state index in [0.29, 0.717) is 5.56 Å². The Bertz CT molecular complexity index is 844. The minimum Gasteiger partial charge on any atom is -0.459 e. The van der Waals surface area contributed by atoms with Gasteiger partial charge >= 0.3 is 11.9 Å². The van der Waals surface area contributed by atoms with Gasteiger partial charge < -0.3 is 24.1 Å². The van der Waals surface area contributed by atoms with Crippen molar-refractivity contribution in [1.29, 1.82) is 0 Å². The van der Waals surface area contributed by atoms with Crippen molar-refractivity contribution in [2.45, 2.75) is 50.5 Å². The van der Waals surface area contributed by atoms with E-state index < -0.39 is 42.6 Å². The number of carbonyl (C=O) groups excluding carboxylic acids is 1. The van der Waals surface area contributed by atoms with Gasteiger partial charge in [-0.25, -0.2) is 13.6 Å². The molecule has 3 atom stereocenters. The Hall–Kier alpha value is -2.39. The van der Waals surface area contributed by atoms with E-state index in [-0.39, 0.29) is 18.8 Å². The summed E-state index contributed by atoms with van der Waals surface area (Å²) in [5.41, 5.74) is 0.885. The number of ether oxygens (including phenoxy) is 4. The minimum absolute atomic E-state index is 0.113. The van der Waals surface area contributed by atoms with Crippen LogP contribution in [-0.2, 0) is 25.6 Å². The second-order valence-electron chi connectivity index (χ2n) is 7.74. The fraction of sp³-hybridized carbons (Fsp3) is 0.435. The third-order valence-electron chi connectivity index (χ3n) is 4.85. The smallest absolute Gasteiger partial charge is 0.338 e. The fourth-order valence-corrected chi connectivity index (χ4v) is 3.20. The number of esters is 1. The maximum absolute atomic E-state index is 15.2. The van der Waals surface area contributed by atoms with Crippen molar-refractivity contribution in [2.24, 2.45) is 0 Å². The molecule has 1 fully saturated rings. The molecule has 0 amide bonds. The summed E-state index contributed by atoms with van der Waals surface area (Å²) in [6.45, 7) is 2.08. The largest absolute Gasteiger partial charge is 0.459 e. The van der Waals surface area contributed by atoms with Crippen LogP contribution in [0.2, 0.25) is 0 Å². The van der Waals surface area contributed by atoms with E-state index in [9.17, 15) is 9.90 Å². The maximum Gasteiger partial charge on any atom is 0.338 e. The van der Waals surface area contributed by atoms with Gasteiger partial charge in [-0.2, -0.15) is 0 Å². The summed E-state index contributed by atoms with van der Waals surface area (Å²) < 4.78 is 51.9. The van der Waals surface area contributed by atoms with Crippen molar-refractivity contribution in [3.05, 3.63) is 71.8 Å². The summed E-state index contributed by atoms with van der Waals surface area (Å²) in [6.07, 6.45) is -5.23. The fourth-order valence-electron chi connectivity index (χ4n) is 3.20. The standard InChI is InChI=1S/C23H26F2O6/c1-22(2)30-14-18(31-22)20(28-13-16-9-5-3-6-10-16)23(24,25)19(26)15-29-21(27)17-11-7-4-8-12-17/h3-12,18-20,26H,13-15H2,1-2H3/t18-,19?,20?/m1/s1. The van der Waals surface area contributed by atoms with Crippen LogP contribution < -0.4 is 0 Å². The number of rotatable bonds is 9. The highest BCUT2D eigenvalue weighted by atomic mass is 19.3. The number of aliphatic hydroxyl groups is 1. The van der Waals surface area contributed by atoms with Crippen molar-refractivity contribution in [3.8, 4) is 0 Å². The number of halogens is 2. The van der Waals surface area contributed by atoms with Crippen LogP contribution in [0.4, 0.5) is 8.78 Å². The van der Waals surface area contributed by atoms with Crippen LogP contribution >= 0.6 is 0 Å². The molecule has 1 N–H and O–H groups in total. The van der Waals surface area contributed by atoms with Gasteiger partial charge in [0.2, 0.25) is 0 Å². The lowest BCUT2D eigenvalue weighted by molar-refractivity contribution is -0.242. The Balaban J connectivity index is 1.69. The monoisotopic (exact) mass is 436 g/mol. The quantitative estimate of drug-likeness (QED) is 0.606. The third kappa shape index (κ3) is 6.07. The highest BCUT2D eigenvalue weighted by Crippen LogP contribution is 2.35. The molecule has 168 valence electrons. The summed E-state index contributed by atoms with van der Waals surface area (Å²) in [5, 5.41) is 10.2. The second kappa shape index (κ2) is 9.82. The SMILES string of the molecule is CC1(C)OC[C@H](C(OCc2ccccc2)C(F)(F)C(O)COC(=O)c2ccccc2)O1. The van der Waals surface area contributed by atoms with Crippen molar-refractivity contribution < 1.29 is 37.6 Å². The molecule has 6 nitrogen and oxygen atoms in total. The lowest BCUT2D eigenvalue weighted by Gasteiger charge is -2.33. The van der Waals surface area contributed by atoms with Crippen LogP contribution in [0.1, 0.15) is 29.8 Å². The van der Waals surface area contributed by atoms with E-state index in [1.54, 1.807) is 62.4 Å². The van der Waals surface area contributed by atoms with Gasteiger partial charge in [0.05, 0.1) is 18.8 Å². The summed E-state index contributed by atoms with van der Waals surface area (Å²) >= 11 is 0. The topological polar surface area (TPSA) is 74.2 Å². The van der Waals surface area contributed by atoms with Gasteiger partial charge in [-0.15, -0.1) is 0 Å². The first kappa shape index (κ1) is 23.3. The first-order valence-electron chi connectivity index (χ1n) is 9.94. The van der Waals surface area contributed by atoms with Gasteiger partial charge in [0.15, 0.2) is 18.0 Å². The molecular formula is C23H26F2O6. The third-order valence-corrected chi connectivity index (χ3v) is 4.85. The Labute approximate surface area is 179 Å². The lowest BCUT2D eigenvalue weighted by atomic mass is 10.0. The Kier molecular flexibility index (Phi) is 7.38. The minimum atomic E-state index is -3.78. The zero-order chi connectivity index (χ0) is 22.5. The molecule has 0 radical (unpaired) electrons. The number of aliphatic hydroxyl groups excluding tert-OH is 1. The number of alkyl halides is 2. The highest BCUT2D eigenvalue weighted by Gasteiger charge is 2.55. The van der Waals surface area contributed by atoms with Crippen LogP contribution in [0.25, 0.3) is 0 Å². The van der Waals surface area contributed by atoms with Gasteiger partial charge in [0.1, 0.15) is 12.7 Å². The first-order chi connectivity index (χ1) is 14.7. The number of benzene rings is 2. The molecule has 1 heterocycles. The van der Waals surface area contributed by atoms with Gasteiger partial charge in [0.25, 0.3) is 0 Å². The van der Waals surface area contributed by atoms with Crippen molar-refractivity contribution >= 4 is 5.97 Å². The van der Waals surface area contributed by atoms with E-state index >= 15 is 8.78 Å². The number of hydrogen-bond donors (Lipinski definition) is 1. The summed E-state index contributed by atoms with van der Waals surface area (Å²) in [6, 6.07) is 16.7. The molecule has 2 unspecified atom stereocenters. The lowest BCUT2D eigenvalue weighted by Crippen LogP contribution is -2.54. The van der Waals surface area contributed by atoms with Crippen LogP contribution in [0, 0.1) is 0 Å². The van der Waals surface area contributed by atoms with Crippen LogP contribution in [-0.4, -0.2) is 54.3 Å². The number of hydrogen-bond acceptors (Lipinski definition) is 6. The average molecular weight is 436 g/mol. The Morgan fingerprint density at radius 2 is 1.77 bits per heavy atom. The highest BCUT2D eigenvalue weighted by molar-refractivity contribution is 5.89. The van der Waals surface area contributed by atoms with Crippen molar-refractivity contribution in [2.75, 3.05) is 13.2 Å². The van der Waals surface area contributed by atoms with Crippen molar-refractivity contribution in [1.82, 2.24) is 0 Å². The maximum atomic E-state index is 15.2. The molecule has 0 aromatic heterocycles. The summed E-state index contributed by atoms with van der Waals surface area (Å²) in [5.74, 6) is -5.64. The van der Waals surface area contributed by atoms with Gasteiger partial charge in [-0.1, -0.05) is 48.5 Å². The molecule has 1 aliphatic rings. The Morgan fingerprint density at radius 1 is 1.16 bits per heavy atom. The zero-order valence-corrected chi connectivity index (χ0v) is 17.4. The van der Waals surface area contributed by atoms with Gasteiger partial charge in [-0.05, 0) is 31.5 Å². The second-order valence-corrected chi connectivity index (χ2v) is 7.74. The Morgan fingerprint density at radius 3 is 2.35 bits per heavy atom. The van der Waals surface area contributed by atoms with Crippen LogP contribution in [0.5, 0.6) is 0 Å². The molecular weight excluding hydrogens is 410 g/mol. The molecule has 1 aliphatic heterocycles. The number of carbonyl (C=O) groups is 1. The van der Waals surface area contributed by atoms with Crippen LogP contribution in [0.3, 0.4) is 0 Å². The first-order valence-corrected chi connectivity index (χ1v) is 9.94. The van der Waals surface area contributed by atoms with E-state index in [1.165, 1.54) is 12.1 Å². The summed E-state index contributed by atoms with van der Waals surface area (Å²) in [4.78, 5) is 12.0. The molecule has 0 aliphatic carbocycles. The van der Waals surface area contributed by atoms with Crippen LogP contribution in [0.15, 0.2) is 60.7 Å². The average Bonchev–Trinajstić information content (AvgIpc) is 3.12. The van der Waals surface area contributed by atoms with Gasteiger partial charge in [0, 0.05) is 0 Å². The molecule has 0 saturated carbocycles. The summed E-state index contributed by atoms with van der Waals surface area (Å²) in [7, 11) is 0. The molecule has 8 heteroatoms. The molecule has 0 spiro atoms. The van der Waals surface area contributed by atoms with E-state index in [4.69, 9.17) is 18.9 Å². The molecule has 2 aromatic carbocycles. The van der Waals surface area contributed by atoms with Crippen molar-refractivity contribution in [3.63, 3.8) is 0 Å². The molecule has 31 heavy (non-hydrogen) atoms. The molecule has 2 aromatic rings. The molecule has 3 rings (SSSR count). The van der Waals surface area contributed by atoms with Gasteiger partial charge in [-0.3, -0.25) is 0 Å². The van der Waals surface area contributed by atoms with E-state index in [2.05, 4.69) is 0 Å². The molecule has 0 bridgehead atoms. The molecule has 1 saturated heterocycles. The zero-order valence-electron chi connectivity index (χ0n) is 17.4. The predicted molar refractivity (Wildman–Crippen MR) is 108 cm³/mol.